The fourth-order valence-corrected chi connectivity index (χ4v) is 2.31. The van der Waals surface area contributed by atoms with Gasteiger partial charge >= 0.3 is 0 Å². The number of alkyl halides is 2. The van der Waals surface area contributed by atoms with Crippen LogP contribution in [0, 0.1) is 5.41 Å². The Labute approximate surface area is 83.2 Å². The summed E-state index contributed by atoms with van der Waals surface area (Å²) in [6.07, 6.45) is 0.901. The molecule has 0 aromatic rings. The van der Waals surface area contributed by atoms with Gasteiger partial charge in [-0.1, -0.05) is 13.8 Å². The molecule has 0 saturated heterocycles. The van der Waals surface area contributed by atoms with Crippen molar-refractivity contribution in [2.75, 3.05) is 0 Å². The molecule has 0 bridgehead atoms. The Morgan fingerprint density at radius 2 is 1.86 bits per heavy atom. The van der Waals surface area contributed by atoms with Crippen molar-refractivity contribution in [3.63, 3.8) is 0 Å². The molecule has 2 saturated carbocycles. The minimum absolute atomic E-state index is 0.00164. The van der Waals surface area contributed by atoms with Crippen molar-refractivity contribution < 1.29 is 8.78 Å². The number of halogens is 2. The highest BCUT2D eigenvalue weighted by Gasteiger charge is 2.51. The molecule has 2 nitrogen and oxygen atoms in total. The van der Waals surface area contributed by atoms with Crippen LogP contribution in [0.2, 0.25) is 0 Å². The predicted octanol–water partition coefficient (Wildman–Crippen LogP) is 1.50. The van der Waals surface area contributed by atoms with E-state index in [2.05, 4.69) is 19.2 Å². The van der Waals surface area contributed by atoms with E-state index in [0.717, 1.165) is 6.42 Å². The number of rotatable bonds is 2. The Morgan fingerprint density at radius 3 is 2.21 bits per heavy atom. The minimum Gasteiger partial charge on any atom is -0.327 e. The van der Waals surface area contributed by atoms with Crippen molar-refractivity contribution in [2.24, 2.45) is 11.1 Å². The summed E-state index contributed by atoms with van der Waals surface area (Å²) in [5.74, 6) is -2.42. The van der Waals surface area contributed by atoms with Crippen molar-refractivity contribution in [2.45, 2.75) is 57.2 Å². The van der Waals surface area contributed by atoms with Crippen LogP contribution in [0.4, 0.5) is 8.78 Å². The molecule has 82 valence electrons. The van der Waals surface area contributed by atoms with Gasteiger partial charge in [-0.2, -0.15) is 0 Å². The van der Waals surface area contributed by atoms with Crippen LogP contribution in [0.3, 0.4) is 0 Å². The second-order valence-electron chi connectivity index (χ2n) is 5.34. The largest absolute Gasteiger partial charge is 0.327 e. The summed E-state index contributed by atoms with van der Waals surface area (Å²) in [5, 5.41) is 3.27. The minimum atomic E-state index is -2.42. The highest BCUT2D eigenvalue weighted by Crippen LogP contribution is 2.43. The predicted molar refractivity (Wildman–Crippen MR) is 51.3 cm³/mol. The van der Waals surface area contributed by atoms with Crippen molar-refractivity contribution in [3.05, 3.63) is 0 Å². The average molecular weight is 204 g/mol. The fraction of sp³-hybridized carbons (Fsp3) is 1.00. The third-order valence-corrected chi connectivity index (χ3v) is 3.87. The molecule has 2 aliphatic rings. The first-order chi connectivity index (χ1) is 6.31. The summed E-state index contributed by atoms with van der Waals surface area (Å²) in [6, 6.07) is 0.529. The van der Waals surface area contributed by atoms with E-state index in [4.69, 9.17) is 5.73 Å². The first-order valence-corrected chi connectivity index (χ1v) is 5.21. The molecule has 0 heterocycles. The summed E-state index contributed by atoms with van der Waals surface area (Å²) >= 11 is 0. The molecule has 0 aromatic carbocycles. The summed E-state index contributed by atoms with van der Waals surface area (Å²) in [4.78, 5) is 0. The summed E-state index contributed by atoms with van der Waals surface area (Å²) < 4.78 is 25.1. The SMILES string of the molecule is CC1(C)C(N)CC1NC1CC(F)(F)C1. The number of nitrogens with one attached hydrogen (secondary N) is 1. The summed E-state index contributed by atoms with van der Waals surface area (Å²) in [7, 11) is 0. The van der Waals surface area contributed by atoms with E-state index in [9.17, 15) is 8.78 Å². The smallest absolute Gasteiger partial charge is 0.251 e. The van der Waals surface area contributed by atoms with Crippen LogP contribution in [0.15, 0.2) is 0 Å². The van der Waals surface area contributed by atoms with Gasteiger partial charge in [-0.3, -0.25) is 0 Å². The lowest BCUT2D eigenvalue weighted by Gasteiger charge is -2.53. The van der Waals surface area contributed by atoms with E-state index in [1.54, 1.807) is 0 Å². The molecule has 14 heavy (non-hydrogen) atoms. The highest BCUT2D eigenvalue weighted by atomic mass is 19.3. The quantitative estimate of drug-likeness (QED) is 0.715. The van der Waals surface area contributed by atoms with Gasteiger partial charge in [0.05, 0.1) is 0 Å². The molecular weight excluding hydrogens is 186 g/mol. The Hall–Kier alpha value is -0.220. The fourth-order valence-electron chi connectivity index (χ4n) is 2.31. The highest BCUT2D eigenvalue weighted by molar-refractivity contribution is 5.06. The van der Waals surface area contributed by atoms with Crippen LogP contribution >= 0.6 is 0 Å². The lowest BCUT2D eigenvalue weighted by Crippen LogP contribution is -2.67. The van der Waals surface area contributed by atoms with Crippen LogP contribution in [0.1, 0.15) is 33.1 Å². The van der Waals surface area contributed by atoms with Gasteiger partial charge in [0.1, 0.15) is 0 Å². The van der Waals surface area contributed by atoms with Crippen molar-refractivity contribution in [1.82, 2.24) is 5.32 Å². The van der Waals surface area contributed by atoms with Gasteiger partial charge in [-0.15, -0.1) is 0 Å². The topological polar surface area (TPSA) is 38.0 Å². The van der Waals surface area contributed by atoms with E-state index < -0.39 is 5.92 Å². The van der Waals surface area contributed by atoms with Crippen molar-refractivity contribution in [1.29, 1.82) is 0 Å². The van der Waals surface area contributed by atoms with E-state index in [0.29, 0.717) is 6.04 Å². The second-order valence-corrected chi connectivity index (χ2v) is 5.34. The average Bonchev–Trinajstić information content (AvgIpc) is 2.00. The third-order valence-electron chi connectivity index (χ3n) is 3.87. The van der Waals surface area contributed by atoms with E-state index in [1.165, 1.54) is 0 Å². The Balaban J connectivity index is 1.79. The number of hydrogen-bond acceptors (Lipinski definition) is 2. The van der Waals surface area contributed by atoms with Crippen LogP contribution < -0.4 is 11.1 Å². The molecular formula is C10H18F2N2. The van der Waals surface area contributed by atoms with Gasteiger partial charge in [-0.05, 0) is 11.8 Å². The van der Waals surface area contributed by atoms with Crippen LogP contribution in [-0.2, 0) is 0 Å². The van der Waals surface area contributed by atoms with Crippen molar-refractivity contribution in [3.8, 4) is 0 Å². The van der Waals surface area contributed by atoms with E-state index >= 15 is 0 Å². The molecule has 0 aliphatic heterocycles. The van der Waals surface area contributed by atoms with Gasteiger partial charge in [-0.25, -0.2) is 8.78 Å². The lowest BCUT2D eigenvalue weighted by molar-refractivity contribution is -0.103. The summed E-state index contributed by atoms with van der Waals surface area (Å²) in [5.41, 5.74) is 5.91. The second kappa shape index (κ2) is 2.89. The number of nitrogens with two attached hydrogens (primary N) is 1. The monoisotopic (exact) mass is 204 g/mol. The molecule has 2 unspecified atom stereocenters. The molecule has 3 N–H and O–H groups in total. The zero-order chi connectivity index (χ0) is 10.6. The summed E-state index contributed by atoms with van der Waals surface area (Å²) in [6.45, 7) is 4.19. The Kier molecular flexibility index (Phi) is 2.13. The van der Waals surface area contributed by atoms with Gasteiger partial charge in [0.2, 0.25) is 0 Å². The Morgan fingerprint density at radius 1 is 1.29 bits per heavy atom. The molecule has 0 aromatic heterocycles. The van der Waals surface area contributed by atoms with Crippen LogP contribution in [0.5, 0.6) is 0 Å². The van der Waals surface area contributed by atoms with Crippen LogP contribution in [0.25, 0.3) is 0 Å². The lowest BCUT2D eigenvalue weighted by atomic mass is 9.62. The van der Waals surface area contributed by atoms with Gasteiger partial charge in [0.15, 0.2) is 0 Å². The zero-order valence-electron chi connectivity index (χ0n) is 8.69. The number of hydrogen-bond donors (Lipinski definition) is 2. The molecule has 2 fully saturated rings. The molecule has 2 rings (SSSR count). The van der Waals surface area contributed by atoms with Crippen LogP contribution in [-0.4, -0.2) is 24.0 Å². The van der Waals surface area contributed by atoms with Gasteiger partial charge in [0.25, 0.3) is 5.92 Å². The zero-order valence-corrected chi connectivity index (χ0v) is 8.69. The van der Waals surface area contributed by atoms with E-state index in [-0.39, 0.29) is 30.3 Å². The normalized spacial score (nSPS) is 40.1. The maximum atomic E-state index is 12.6. The molecule has 4 heteroatoms. The molecule has 2 aliphatic carbocycles. The van der Waals surface area contributed by atoms with Gasteiger partial charge in [0, 0.05) is 31.0 Å². The maximum Gasteiger partial charge on any atom is 0.251 e. The van der Waals surface area contributed by atoms with E-state index in [1.807, 2.05) is 0 Å². The maximum absolute atomic E-state index is 12.6. The first-order valence-electron chi connectivity index (χ1n) is 5.21. The van der Waals surface area contributed by atoms with Crippen molar-refractivity contribution >= 4 is 0 Å². The first kappa shape index (κ1) is 10.3. The molecule has 0 amide bonds. The molecule has 2 atom stereocenters. The molecule has 0 radical (unpaired) electrons. The van der Waals surface area contributed by atoms with Gasteiger partial charge < -0.3 is 11.1 Å². The standard InChI is InChI=1S/C10H18F2N2/c1-9(2)7(13)3-8(9)14-6-4-10(11,12)5-6/h6-8,14H,3-5,13H2,1-2H3. The molecule has 0 spiro atoms. The third kappa shape index (κ3) is 1.54. The Bertz CT molecular complexity index is 232.